The zero-order valence-corrected chi connectivity index (χ0v) is 33.4. The molecule has 1 N–H and O–H groups in total. The Kier molecular flexibility index (Phi) is 12.3. The number of fused-ring (bicyclic) bond motifs is 7. The van der Waals surface area contributed by atoms with E-state index in [2.05, 4.69) is 46.5 Å². The zero-order chi connectivity index (χ0) is 37.2. The second-order valence-electron chi connectivity index (χ2n) is 19.0. The van der Waals surface area contributed by atoms with Gasteiger partial charge in [-0.1, -0.05) is 79.7 Å². The number of hydrogen-bond acceptors (Lipinski definition) is 6. The number of ketones is 1. The van der Waals surface area contributed by atoms with Crippen LogP contribution in [0.2, 0.25) is 0 Å². The molecule has 5 fully saturated rings. The first-order valence-corrected chi connectivity index (χ1v) is 20.8. The minimum Gasteiger partial charge on any atom is -0.469 e. The van der Waals surface area contributed by atoms with Gasteiger partial charge in [0.1, 0.15) is 12.4 Å². The molecule has 51 heavy (non-hydrogen) atoms. The molecule has 5 saturated carbocycles. The van der Waals surface area contributed by atoms with Crippen LogP contribution >= 0.6 is 0 Å². The second kappa shape index (κ2) is 15.7. The lowest BCUT2D eigenvalue weighted by Gasteiger charge is -2.72. The van der Waals surface area contributed by atoms with E-state index in [0.717, 1.165) is 102 Å². The van der Waals surface area contributed by atoms with Crippen molar-refractivity contribution in [2.24, 2.45) is 56.7 Å². The summed E-state index contributed by atoms with van der Waals surface area (Å²) in [5, 5.41) is 3.46. The van der Waals surface area contributed by atoms with Crippen molar-refractivity contribution in [3.63, 3.8) is 0 Å². The number of methoxy groups -OCH3 is 1. The van der Waals surface area contributed by atoms with Gasteiger partial charge in [0, 0.05) is 31.7 Å². The van der Waals surface area contributed by atoms with Crippen LogP contribution in [-0.4, -0.2) is 43.9 Å². The first-order valence-electron chi connectivity index (χ1n) is 20.8. The van der Waals surface area contributed by atoms with Crippen LogP contribution in [0.5, 0.6) is 0 Å². The normalized spacial score (nSPS) is 38.0. The van der Waals surface area contributed by atoms with E-state index >= 15 is 0 Å². The summed E-state index contributed by atoms with van der Waals surface area (Å²) in [5.74, 6) is 2.08. The largest absolute Gasteiger partial charge is 0.469 e. The van der Waals surface area contributed by atoms with Crippen LogP contribution in [0.3, 0.4) is 0 Å². The monoisotopic (exact) mass is 710 g/mol. The standard InChI is InChI=1S/C44H71NO6/c1-30(29-51-31(2)46)32-20-25-44(39(49)45-28-16-14-12-10-9-11-13-15-17-37(48)50-8)27-26-42(6)33(38(32)44)18-19-35-41(5)23-22-36(47)40(3,4)34(41)21-24-43(35,42)7/h32-35,38H,1,9-29H2,2-8H3,(H,45,49)/t32-,33+,34-,35?,38+,41-,42+,43+,44-/m0/s1. The number of carbonyl (C=O) groups is 4. The van der Waals surface area contributed by atoms with Gasteiger partial charge in [0.2, 0.25) is 5.91 Å². The third kappa shape index (κ3) is 7.23. The van der Waals surface area contributed by atoms with E-state index in [1.54, 1.807) is 0 Å². The highest BCUT2D eigenvalue weighted by atomic mass is 16.5. The van der Waals surface area contributed by atoms with Gasteiger partial charge >= 0.3 is 11.9 Å². The Balaban J connectivity index is 1.27. The van der Waals surface area contributed by atoms with Crippen molar-refractivity contribution < 1.29 is 28.7 Å². The maximum atomic E-state index is 14.5. The van der Waals surface area contributed by atoms with Crippen molar-refractivity contribution in [1.82, 2.24) is 5.32 Å². The third-order valence-corrected chi connectivity index (χ3v) is 16.4. The molecule has 5 aliphatic carbocycles. The van der Waals surface area contributed by atoms with E-state index in [4.69, 9.17) is 9.47 Å². The third-order valence-electron chi connectivity index (χ3n) is 16.4. The minimum atomic E-state index is -0.401. The average molecular weight is 710 g/mol. The highest BCUT2D eigenvalue weighted by Crippen LogP contribution is 2.77. The zero-order valence-electron chi connectivity index (χ0n) is 33.4. The van der Waals surface area contributed by atoms with Gasteiger partial charge in [0.25, 0.3) is 0 Å². The lowest BCUT2D eigenvalue weighted by molar-refractivity contribution is -0.233. The van der Waals surface area contributed by atoms with Crippen LogP contribution < -0.4 is 5.32 Å². The number of carbonyl (C=O) groups excluding carboxylic acids is 4. The Bertz CT molecular complexity index is 1320. The molecule has 288 valence electrons. The molecule has 5 rings (SSSR count). The highest BCUT2D eigenvalue weighted by molar-refractivity contribution is 5.85. The van der Waals surface area contributed by atoms with E-state index < -0.39 is 5.41 Å². The quantitative estimate of drug-likeness (QED) is 0.103. The number of hydrogen-bond donors (Lipinski definition) is 1. The molecule has 1 unspecified atom stereocenters. The van der Waals surface area contributed by atoms with Gasteiger partial charge in [-0.05, 0) is 122 Å². The molecule has 0 spiro atoms. The fraction of sp³-hybridized carbons (Fsp3) is 0.864. The maximum absolute atomic E-state index is 14.5. The van der Waals surface area contributed by atoms with Gasteiger partial charge in [-0.25, -0.2) is 0 Å². The number of esters is 2. The van der Waals surface area contributed by atoms with Gasteiger partial charge in [0.05, 0.1) is 12.5 Å². The topological polar surface area (TPSA) is 98.8 Å². The van der Waals surface area contributed by atoms with Crippen molar-refractivity contribution in [2.45, 2.75) is 164 Å². The van der Waals surface area contributed by atoms with Crippen LogP contribution in [0.25, 0.3) is 0 Å². The summed E-state index contributed by atoms with van der Waals surface area (Å²) in [6, 6.07) is 0. The van der Waals surface area contributed by atoms with Crippen LogP contribution in [-0.2, 0) is 28.7 Å². The highest BCUT2D eigenvalue weighted by Gasteiger charge is 2.72. The van der Waals surface area contributed by atoms with Gasteiger partial charge in [-0.15, -0.1) is 0 Å². The predicted molar refractivity (Wildman–Crippen MR) is 202 cm³/mol. The van der Waals surface area contributed by atoms with Crippen molar-refractivity contribution in [1.29, 1.82) is 0 Å². The van der Waals surface area contributed by atoms with E-state index in [1.807, 2.05) is 0 Å². The SMILES string of the molecule is C=C(COC(C)=O)[C@@H]1CC[C@]2(C(=O)NCCCCCCCCCCC(=O)OC)CC[C@]3(C)[C@H](CCC4[C@@]5(C)CCC(=O)C(C)(C)[C@@H]5CC[C@]43C)[C@@H]12. The molecule has 1 amide bonds. The molecule has 0 bridgehead atoms. The van der Waals surface area contributed by atoms with E-state index in [-0.39, 0.29) is 57.9 Å². The Morgan fingerprint density at radius 3 is 2.12 bits per heavy atom. The van der Waals surface area contributed by atoms with Crippen LogP contribution in [0, 0.1) is 56.7 Å². The van der Waals surface area contributed by atoms with E-state index in [1.165, 1.54) is 33.3 Å². The van der Waals surface area contributed by atoms with Crippen molar-refractivity contribution in [3.05, 3.63) is 12.2 Å². The summed E-state index contributed by atoms with van der Waals surface area (Å²) in [6.45, 7) is 19.1. The van der Waals surface area contributed by atoms with Crippen molar-refractivity contribution in [2.75, 3.05) is 20.3 Å². The van der Waals surface area contributed by atoms with Crippen molar-refractivity contribution >= 4 is 23.6 Å². The van der Waals surface area contributed by atoms with Crippen LogP contribution in [0.4, 0.5) is 0 Å². The summed E-state index contributed by atoms with van der Waals surface area (Å²) < 4.78 is 10.2. The first-order chi connectivity index (χ1) is 24.1. The first kappa shape index (κ1) is 40.0. The van der Waals surface area contributed by atoms with Crippen molar-refractivity contribution in [3.8, 4) is 0 Å². The molecule has 5 aliphatic rings. The molecule has 0 heterocycles. The average Bonchev–Trinajstić information content (AvgIpc) is 3.49. The molecule has 0 saturated heterocycles. The number of nitrogens with one attached hydrogen (secondary N) is 1. The fourth-order valence-corrected chi connectivity index (χ4v) is 13.5. The molecular formula is C44H71NO6. The van der Waals surface area contributed by atoms with Gasteiger partial charge in [-0.2, -0.15) is 0 Å². The Morgan fingerprint density at radius 2 is 1.45 bits per heavy atom. The number of Topliss-reactive ketones (excluding diaryl/α,β-unsaturated/α-hetero) is 1. The predicted octanol–water partition coefficient (Wildman–Crippen LogP) is 9.56. The van der Waals surface area contributed by atoms with Gasteiger partial charge < -0.3 is 14.8 Å². The smallest absolute Gasteiger partial charge is 0.305 e. The lowest BCUT2D eigenvalue weighted by Crippen LogP contribution is -2.67. The van der Waals surface area contributed by atoms with Gasteiger partial charge in [-0.3, -0.25) is 19.2 Å². The molecule has 0 aromatic carbocycles. The molecular weight excluding hydrogens is 638 g/mol. The fourth-order valence-electron chi connectivity index (χ4n) is 13.5. The summed E-state index contributed by atoms with van der Waals surface area (Å²) in [5.41, 5.74) is 0.711. The van der Waals surface area contributed by atoms with Crippen LogP contribution in [0.15, 0.2) is 12.2 Å². The molecule has 9 atom stereocenters. The number of amides is 1. The molecule has 0 aromatic rings. The number of unbranched alkanes of at least 4 members (excludes halogenated alkanes) is 7. The minimum absolute atomic E-state index is 0.0908. The Labute approximate surface area is 309 Å². The number of ether oxygens (including phenoxy) is 2. The van der Waals surface area contributed by atoms with E-state index in [0.29, 0.717) is 36.4 Å². The summed E-state index contributed by atoms with van der Waals surface area (Å²) in [7, 11) is 1.45. The van der Waals surface area contributed by atoms with Gasteiger partial charge in [0.15, 0.2) is 0 Å². The Morgan fingerprint density at radius 1 is 0.784 bits per heavy atom. The summed E-state index contributed by atoms with van der Waals surface area (Å²) in [4.78, 5) is 50.9. The summed E-state index contributed by atoms with van der Waals surface area (Å²) in [6.07, 6.45) is 19.4. The van der Waals surface area contributed by atoms with E-state index in [9.17, 15) is 19.2 Å². The molecule has 0 aliphatic heterocycles. The molecule has 0 aromatic heterocycles. The second-order valence-corrected chi connectivity index (χ2v) is 19.0. The maximum Gasteiger partial charge on any atom is 0.305 e. The lowest BCUT2D eigenvalue weighted by atomic mass is 9.32. The Hall–Kier alpha value is -2.18. The molecule has 7 nitrogen and oxygen atoms in total. The molecule has 7 heteroatoms. The summed E-state index contributed by atoms with van der Waals surface area (Å²) >= 11 is 0. The van der Waals surface area contributed by atoms with Crippen LogP contribution in [0.1, 0.15) is 164 Å². The number of rotatable bonds is 15. The molecule has 0 radical (unpaired) electrons.